The molecule has 2 aromatic carbocycles. The van der Waals surface area contributed by atoms with Gasteiger partial charge in [-0.15, -0.1) is 11.8 Å². The molecule has 2 amide bonds. The molecule has 0 fully saturated rings. The Hall–Kier alpha value is -3.06. The number of carbonyl (C=O) groups is 1. The Bertz CT molecular complexity index is 1140. The molecule has 1 aromatic heterocycles. The second-order valence-corrected chi connectivity index (χ2v) is 9.18. The lowest BCUT2D eigenvalue weighted by Crippen LogP contribution is -2.46. The Morgan fingerprint density at radius 3 is 2.45 bits per heavy atom. The maximum absolute atomic E-state index is 13.1. The number of aromatic nitrogens is 2. The van der Waals surface area contributed by atoms with Crippen LogP contribution in [0, 0.1) is 6.92 Å². The van der Waals surface area contributed by atoms with Gasteiger partial charge in [-0.3, -0.25) is 4.90 Å². The molecule has 4 rings (SSSR count). The minimum Gasteiger partial charge on any atom is -0.334 e. The summed E-state index contributed by atoms with van der Waals surface area (Å²) >= 11 is 1.69. The van der Waals surface area contributed by atoms with Crippen LogP contribution >= 0.6 is 11.8 Å². The molecule has 3 aromatic rings. The van der Waals surface area contributed by atoms with Gasteiger partial charge in [-0.05, 0) is 44.2 Å². The van der Waals surface area contributed by atoms with Gasteiger partial charge in [-0.2, -0.15) is 4.98 Å². The number of hydrogen-bond acceptors (Lipinski definition) is 5. The first kappa shape index (κ1) is 23.1. The second kappa shape index (κ2) is 10.3. The molecule has 0 saturated heterocycles. The summed E-state index contributed by atoms with van der Waals surface area (Å²) in [5, 5.41) is 7.42. The summed E-state index contributed by atoms with van der Waals surface area (Å²) < 4.78 is 5.76. The number of carbonyl (C=O) groups excluding carboxylic acids is 1. The van der Waals surface area contributed by atoms with Crippen LogP contribution in [0.1, 0.15) is 56.2 Å². The average Bonchev–Trinajstić information content (AvgIpc) is 3.31. The van der Waals surface area contributed by atoms with Gasteiger partial charge >= 0.3 is 6.03 Å². The van der Waals surface area contributed by atoms with Crippen molar-refractivity contribution in [1.82, 2.24) is 20.4 Å². The molecule has 0 saturated carbocycles. The van der Waals surface area contributed by atoms with E-state index in [0.29, 0.717) is 18.3 Å². The molecule has 1 atom stereocenters. The molecule has 33 heavy (non-hydrogen) atoms. The van der Waals surface area contributed by atoms with Crippen molar-refractivity contribution < 1.29 is 9.32 Å². The lowest BCUT2D eigenvalue weighted by Gasteiger charge is -2.35. The minimum absolute atomic E-state index is 0.0930. The topological polar surface area (TPSA) is 71.3 Å². The lowest BCUT2D eigenvalue weighted by atomic mass is 9.94. The zero-order chi connectivity index (χ0) is 23.4. The maximum atomic E-state index is 13.1. The standard InChI is InChI=1S/C26H30N4O2S/c1-5-6-7-16-30-18(3)22(23(27-26(30)31)19-12-14-21(33-4)15-13-19)25-28-24(29-32-25)20-10-8-17(2)9-11-20/h8-15,23H,5-7,16H2,1-4H3,(H,27,31). The van der Waals surface area contributed by atoms with Gasteiger partial charge in [0, 0.05) is 22.7 Å². The number of allylic oxidation sites excluding steroid dienone is 1. The van der Waals surface area contributed by atoms with Gasteiger partial charge in [0.1, 0.15) is 0 Å². The lowest BCUT2D eigenvalue weighted by molar-refractivity contribution is 0.204. The first-order chi connectivity index (χ1) is 16.0. The summed E-state index contributed by atoms with van der Waals surface area (Å²) in [6.07, 6.45) is 5.16. The van der Waals surface area contributed by atoms with Crippen LogP contribution < -0.4 is 5.32 Å². The van der Waals surface area contributed by atoms with E-state index >= 15 is 0 Å². The number of nitrogens with one attached hydrogen (secondary N) is 1. The van der Waals surface area contributed by atoms with Crippen LogP contribution in [0.15, 0.2) is 63.6 Å². The normalized spacial score (nSPS) is 16.3. The molecule has 0 bridgehead atoms. The molecule has 0 radical (unpaired) electrons. The fraction of sp³-hybridized carbons (Fsp3) is 0.346. The molecule has 1 aliphatic rings. The van der Waals surface area contributed by atoms with Crippen LogP contribution in [0.3, 0.4) is 0 Å². The van der Waals surface area contributed by atoms with Crippen molar-refractivity contribution in [2.75, 3.05) is 12.8 Å². The van der Waals surface area contributed by atoms with Gasteiger partial charge in [-0.1, -0.05) is 66.9 Å². The molecule has 1 unspecified atom stereocenters. The number of nitrogens with zero attached hydrogens (tertiary/aromatic N) is 3. The molecule has 1 aliphatic heterocycles. The Morgan fingerprint density at radius 2 is 1.79 bits per heavy atom. The molecule has 1 N–H and O–H groups in total. The number of aryl methyl sites for hydroxylation is 1. The quantitative estimate of drug-likeness (QED) is 0.307. The van der Waals surface area contributed by atoms with Crippen molar-refractivity contribution in [3.05, 3.63) is 71.2 Å². The molecule has 2 heterocycles. The first-order valence-electron chi connectivity index (χ1n) is 11.4. The van der Waals surface area contributed by atoms with E-state index in [9.17, 15) is 4.79 Å². The van der Waals surface area contributed by atoms with Crippen LogP contribution in [-0.2, 0) is 0 Å². The van der Waals surface area contributed by atoms with Crippen molar-refractivity contribution >= 4 is 23.4 Å². The van der Waals surface area contributed by atoms with Crippen LogP contribution in [0.5, 0.6) is 0 Å². The zero-order valence-corrected chi connectivity index (χ0v) is 20.4. The number of benzene rings is 2. The molecule has 172 valence electrons. The highest BCUT2D eigenvalue weighted by molar-refractivity contribution is 7.98. The number of hydrogen-bond donors (Lipinski definition) is 1. The fourth-order valence-corrected chi connectivity index (χ4v) is 4.45. The van der Waals surface area contributed by atoms with E-state index in [1.165, 1.54) is 10.5 Å². The predicted octanol–water partition coefficient (Wildman–Crippen LogP) is 6.45. The van der Waals surface area contributed by atoms with Crippen molar-refractivity contribution in [3.63, 3.8) is 0 Å². The van der Waals surface area contributed by atoms with Crippen LogP contribution in [0.25, 0.3) is 17.0 Å². The average molecular weight is 463 g/mol. The Morgan fingerprint density at radius 1 is 1.06 bits per heavy atom. The summed E-state index contributed by atoms with van der Waals surface area (Å²) in [6.45, 7) is 6.83. The highest BCUT2D eigenvalue weighted by Crippen LogP contribution is 2.38. The van der Waals surface area contributed by atoms with E-state index in [4.69, 9.17) is 9.51 Å². The highest BCUT2D eigenvalue weighted by atomic mass is 32.2. The molecular weight excluding hydrogens is 432 g/mol. The van der Waals surface area contributed by atoms with Gasteiger partial charge in [0.05, 0.1) is 11.6 Å². The summed E-state index contributed by atoms with van der Waals surface area (Å²) in [5.41, 5.74) is 4.75. The van der Waals surface area contributed by atoms with E-state index in [2.05, 4.69) is 29.5 Å². The van der Waals surface area contributed by atoms with Crippen LogP contribution in [-0.4, -0.2) is 33.9 Å². The molecule has 7 heteroatoms. The third kappa shape index (κ3) is 4.98. The third-order valence-corrected chi connectivity index (χ3v) is 6.74. The largest absolute Gasteiger partial charge is 0.334 e. The van der Waals surface area contributed by atoms with Crippen molar-refractivity contribution in [2.45, 2.75) is 51.0 Å². The van der Waals surface area contributed by atoms with Gasteiger partial charge in [0.25, 0.3) is 5.89 Å². The smallest absolute Gasteiger partial charge is 0.322 e. The van der Waals surface area contributed by atoms with Crippen LogP contribution in [0.4, 0.5) is 4.79 Å². The molecule has 0 spiro atoms. The zero-order valence-electron chi connectivity index (χ0n) is 19.6. The second-order valence-electron chi connectivity index (χ2n) is 8.30. The summed E-state index contributed by atoms with van der Waals surface area (Å²) in [5.74, 6) is 0.971. The van der Waals surface area contributed by atoms with Gasteiger partial charge in [-0.25, -0.2) is 4.79 Å². The number of urea groups is 1. The summed E-state index contributed by atoms with van der Waals surface area (Å²) in [7, 11) is 0. The summed E-state index contributed by atoms with van der Waals surface area (Å²) in [4.78, 5) is 20.8. The van der Waals surface area contributed by atoms with E-state index in [0.717, 1.165) is 41.7 Å². The summed E-state index contributed by atoms with van der Waals surface area (Å²) in [6, 6.07) is 15.8. The van der Waals surface area contributed by atoms with Crippen molar-refractivity contribution in [1.29, 1.82) is 0 Å². The monoisotopic (exact) mass is 462 g/mol. The predicted molar refractivity (Wildman–Crippen MR) is 133 cm³/mol. The molecule has 6 nitrogen and oxygen atoms in total. The number of amides is 2. The van der Waals surface area contributed by atoms with Gasteiger partial charge in [0.15, 0.2) is 0 Å². The number of unbranched alkanes of at least 4 members (excludes halogenated alkanes) is 2. The Labute approximate surface area is 199 Å². The molecular formula is C26H30N4O2S. The van der Waals surface area contributed by atoms with Crippen molar-refractivity contribution in [3.8, 4) is 11.4 Å². The maximum Gasteiger partial charge on any atom is 0.322 e. The number of thioether (sulfide) groups is 1. The highest BCUT2D eigenvalue weighted by Gasteiger charge is 2.35. The Balaban J connectivity index is 1.75. The van der Waals surface area contributed by atoms with Gasteiger partial charge in [0.2, 0.25) is 5.82 Å². The molecule has 0 aliphatic carbocycles. The third-order valence-electron chi connectivity index (χ3n) is 6.00. The van der Waals surface area contributed by atoms with Crippen LogP contribution in [0.2, 0.25) is 0 Å². The first-order valence-corrected chi connectivity index (χ1v) is 12.6. The van der Waals surface area contributed by atoms with Gasteiger partial charge < -0.3 is 9.84 Å². The van der Waals surface area contributed by atoms with E-state index in [-0.39, 0.29) is 12.1 Å². The van der Waals surface area contributed by atoms with E-state index in [1.54, 1.807) is 16.7 Å². The minimum atomic E-state index is -0.359. The number of rotatable bonds is 8. The van der Waals surface area contributed by atoms with E-state index in [1.807, 2.05) is 56.5 Å². The Kier molecular flexibility index (Phi) is 7.18. The van der Waals surface area contributed by atoms with Crippen molar-refractivity contribution in [2.24, 2.45) is 0 Å². The van der Waals surface area contributed by atoms with E-state index < -0.39 is 0 Å². The SMILES string of the molecule is CCCCCN1C(=O)NC(c2ccc(SC)cc2)C(c2nc(-c3ccc(C)cc3)no2)=C1C. The fourth-order valence-electron chi connectivity index (χ4n) is 4.05.